The van der Waals surface area contributed by atoms with Gasteiger partial charge in [0.05, 0.1) is 16.8 Å². The number of hydrogen-bond donors (Lipinski definition) is 1. The summed E-state index contributed by atoms with van der Waals surface area (Å²) < 4.78 is 18.6. The Morgan fingerprint density at radius 2 is 2.20 bits per heavy atom. The number of ether oxygens (including phenoxy) is 1. The first kappa shape index (κ1) is 13.5. The van der Waals surface area contributed by atoms with Gasteiger partial charge >= 0.3 is 5.97 Å². The lowest BCUT2D eigenvalue weighted by atomic mass is 10.2. The number of nitriles is 1. The number of carbonyl (C=O) groups is 1. The largest absolute Gasteiger partial charge is 0.487 e. The molecule has 0 fully saturated rings. The van der Waals surface area contributed by atoms with E-state index in [2.05, 4.69) is 4.98 Å². The van der Waals surface area contributed by atoms with E-state index in [1.165, 1.54) is 30.5 Å². The van der Waals surface area contributed by atoms with Gasteiger partial charge in [-0.3, -0.25) is 4.98 Å². The summed E-state index contributed by atoms with van der Waals surface area (Å²) in [6.45, 7) is 0.0746. The minimum atomic E-state index is -1.06. The molecule has 0 bridgehead atoms. The zero-order valence-corrected chi connectivity index (χ0v) is 10.2. The minimum absolute atomic E-state index is 0.0544. The lowest BCUT2D eigenvalue weighted by molar-refractivity contribution is 0.0696. The predicted octanol–water partition coefficient (Wildman–Crippen LogP) is 2.37. The Labute approximate surface area is 113 Å². The van der Waals surface area contributed by atoms with E-state index in [4.69, 9.17) is 15.1 Å². The highest BCUT2D eigenvalue weighted by molar-refractivity contribution is 5.87. The van der Waals surface area contributed by atoms with Crippen LogP contribution in [0.3, 0.4) is 0 Å². The Bertz CT molecular complexity index is 678. The summed E-state index contributed by atoms with van der Waals surface area (Å²) >= 11 is 0. The molecule has 2 rings (SSSR count). The molecule has 20 heavy (non-hydrogen) atoms. The molecule has 100 valence electrons. The third kappa shape index (κ3) is 3.09. The van der Waals surface area contributed by atoms with Crippen LogP contribution in [0.25, 0.3) is 0 Å². The maximum Gasteiger partial charge on any atom is 0.337 e. The summed E-state index contributed by atoms with van der Waals surface area (Å²) in [5.41, 5.74) is 0.541. The van der Waals surface area contributed by atoms with Crippen LogP contribution in [0.4, 0.5) is 4.39 Å². The molecule has 0 saturated heterocycles. The number of nitrogens with zero attached hydrogens (tertiary/aromatic N) is 2. The number of halogens is 1. The fraction of sp³-hybridized carbons (Fsp3) is 0.0714. The Hall–Kier alpha value is -2.94. The normalized spacial score (nSPS) is 9.80. The number of pyridine rings is 1. The van der Waals surface area contributed by atoms with E-state index in [1.807, 2.05) is 0 Å². The SMILES string of the molecule is N#Cc1ccc(OCc2ccc(C(=O)O)cn2)cc1F. The molecular weight excluding hydrogens is 263 g/mol. The second-order valence-electron chi connectivity index (χ2n) is 3.89. The van der Waals surface area contributed by atoms with E-state index >= 15 is 0 Å². The van der Waals surface area contributed by atoms with Crippen molar-refractivity contribution in [3.63, 3.8) is 0 Å². The van der Waals surface area contributed by atoms with E-state index in [0.29, 0.717) is 5.69 Å². The van der Waals surface area contributed by atoms with Crippen LogP contribution in [-0.2, 0) is 6.61 Å². The van der Waals surface area contributed by atoms with Gasteiger partial charge < -0.3 is 9.84 Å². The minimum Gasteiger partial charge on any atom is -0.487 e. The molecule has 0 unspecified atom stereocenters. The number of carboxylic acids is 1. The smallest absolute Gasteiger partial charge is 0.337 e. The number of aromatic carboxylic acids is 1. The maximum absolute atomic E-state index is 13.3. The third-order valence-corrected chi connectivity index (χ3v) is 2.52. The maximum atomic E-state index is 13.3. The summed E-state index contributed by atoms with van der Waals surface area (Å²) in [6, 6.07) is 8.56. The first-order valence-electron chi connectivity index (χ1n) is 5.61. The van der Waals surface area contributed by atoms with Crippen molar-refractivity contribution in [2.75, 3.05) is 0 Å². The highest BCUT2D eigenvalue weighted by Crippen LogP contribution is 2.17. The molecule has 6 heteroatoms. The summed E-state index contributed by atoms with van der Waals surface area (Å²) in [5, 5.41) is 17.3. The van der Waals surface area contributed by atoms with Crippen molar-refractivity contribution in [3.8, 4) is 11.8 Å². The Balaban J connectivity index is 2.03. The monoisotopic (exact) mass is 272 g/mol. The van der Waals surface area contributed by atoms with Crippen LogP contribution in [0.15, 0.2) is 36.5 Å². The molecule has 0 spiro atoms. The van der Waals surface area contributed by atoms with Gasteiger partial charge in [0.1, 0.15) is 24.2 Å². The van der Waals surface area contributed by atoms with Crippen LogP contribution < -0.4 is 4.74 Å². The Morgan fingerprint density at radius 1 is 1.40 bits per heavy atom. The molecule has 1 heterocycles. The van der Waals surface area contributed by atoms with E-state index in [-0.39, 0.29) is 23.5 Å². The molecule has 0 amide bonds. The van der Waals surface area contributed by atoms with E-state index in [0.717, 1.165) is 6.07 Å². The fourth-order valence-corrected chi connectivity index (χ4v) is 1.47. The molecular formula is C14H9FN2O3. The summed E-state index contributed by atoms with van der Waals surface area (Å²) in [7, 11) is 0. The Kier molecular flexibility index (Phi) is 3.91. The van der Waals surface area contributed by atoms with Crippen molar-refractivity contribution in [1.29, 1.82) is 5.26 Å². The topological polar surface area (TPSA) is 83.2 Å². The van der Waals surface area contributed by atoms with Crippen LogP contribution in [-0.4, -0.2) is 16.1 Å². The van der Waals surface area contributed by atoms with E-state index in [9.17, 15) is 9.18 Å². The number of carboxylic acid groups (broad SMARTS) is 1. The van der Waals surface area contributed by atoms with Gasteiger partial charge in [-0.05, 0) is 24.3 Å². The average molecular weight is 272 g/mol. The van der Waals surface area contributed by atoms with Gasteiger partial charge in [0, 0.05) is 12.3 Å². The van der Waals surface area contributed by atoms with Crippen molar-refractivity contribution < 1.29 is 19.0 Å². The number of aromatic nitrogens is 1. The zero-order chi connectivity index (χ0) is 14.5. The van der Waals surface area contributed by atoms with Gasteiger partial charge in [0.25, 0.3) is 0 Å². The molecule has 5 nitrogen and oxygen atoms in total. The molecule has 1 aromatic carbocycles. The number of rotatable bonds is 4. The van der Waals surface area contributed by atoms with Crippen LogP contribution in [0.2, 0.25) is 0 Å². The van der Waals surface area contributed by atoms with Crippen molar-refractivity contribution in [3.05, 3.63) is 59.2 Å². The fourth-order valence-electron chi connectivity index (χ4n) is 1.47. The lowest BCUT2D eigenvalue weighted by Crippen LogP contribution is -2.02. The first-order chi connectivity index (χ1) is 9.60. The van der Waals surface area contributed by atoms with Crippen LogP contribution in [0, 0.1) is 17.1 Å². The van der Waals surface area contributed by atoms with E-state index < -0.39 is 11.8 Å². The second-order valence-corrected chi connectivity index (χ2v) is 3.89. The predicted molar refractivity (Wildman–Crippen MR) is 66.6 cm³/mol. The Morgan fingerprint density at radius 3 is 2.75 bits per heavy atom. The van der Waals surface area contributed by atoms with Crippen LogP contribution >= 0.6 is 0 Å². The molecule has 0 aliphatic rings. The molecule has 1 N–H and O–H groups in total. The van der Waals surface area contributed by atoms with Crippen molar-refractivity contribution in [1.82, 2.24) is 4.98 Å². The van der Waals surface area contributed by atoms with Crippen molar-refractivity contribution in [2.45, 2.75) is 6.61 Å². The molecule has 0 saturated carbocycles. The molecule has 2 aromatic rings. The first-order valence-corrected chi connectivity index (χ1v) is 5.61. The summed E-state index contributed by atoms with van der Waals surface area (Å²) in [6.07, 6.45) is 1.22. The molecule has 1 aromatic heterocycles. The molecule has 0 aliphatic heterocycles. The highest BCUT2D eigenvalue weighted by atomic mass is 19.1. The van der Waals surface area contributed by atoms with Crippen molar-refractivity contribution in [2.24, 2.45) is 0 Å². The average Bonchev–Trinajstić information content (AvgIpc) is 2.45. The van der Waals surface area contributed by atoms with Crippen molar-refractivity contribution >= 4 is 5.97 Å². The van der Waals surface area contributed by atoms with Gasteiger partial charge in [-0.1, -0.05) is 0 Å². The molecule has 0 aliphatic carbocycles. The summed E-state index contributed by atoms with van der Waals surface area (Å²) in [4.78, 5) is 14.6. The van der Waals surface area contributed by atoms with Gasteiger partial charge in [0.2, 0.25) is 0 Å². The van der Waals surface area contributed by atoms with Gasteiger partial charge in [-0.2, -0.15) is 5.26 Å². The second kappa shape index (κ2) is 5.80. The van der Waals surface area contributed by atoms with Gasteiger partial charge in [-0.25, -0.2) is 9.18 Å². The number of hydrogen-bond acceptors (Lipinski definition) is 4. The highest BCUT2D eigenvalue weighted by Gasteiger charge is 2.05. The molecule has 0 atom stereocenters. The third-order valence-electron chi connectivity index (χ3n) is 2.52. The van der Waals surface area contributed by atoms with E-state index in [1.54, 1.807) is 6.07 Å². The van der Waals surface area contributed by atoms with Gasteiger partial charge in [0.15, 0.2) is 0 Å². The number of benzene rings is 1. The lowest BCUT2D eigenvalue weighted by Gasteiger charge is -2.06. The van der Waals surface area contributed by atoms with Crippen LogP contribution in [0.1, 0.15) is 21.6 Å². The van der Waals surface area contributed by atoms with Gasteiger partial charge in [-0.15, -0.1) is 0 Å². The van der Waals surface area contributed by atoms with Crippen LogP contribution in [0.5, 0.6) is 5.75 Å². The summed E-state index contributed by atoms with van der Waals surface area (Å²) in [5.74, 6) is -1.44. The zero-order valence-electron chi connectivity index (χ0n) is 10.2. The quantitative estimate of drug-likeness (QED) is 0.923. The molecule has 0 radical (unpaired) electrons. The standard InChI is InChI=1S/C14H9FN2O3/c15-13-5-12(4-2-9(13)6-16)20-8-11-3-1-10(7-17-11)14(18)19/h1-5,7H,8H2,(H,18,19).